The molecule has 3 aromatic rings. The highest BCUT2D eigenvalue weighted by atomic mass is 35.5. The highest BCUT2D eigenvalue weighted by Gasteiger charge is 2.11. The number of ether oxygens (including phenoxy) is 1. The van der Waals surface area contributed by atoms with E-state index in [0.717, 1.165) is 15.8 Å². The van der Waals surface area contributed by atoms with Crippen LogP contribution < -0.4 is 4.73 Å². The molecule has 122 valence electrons. The molecule has 0 atom stereocenters. The second-order valence-corrected chi connectivity index (χ2v) is 6.26. The predicted molar refractivity (Wildman–Crippen MR) is 93.1 cm³/mol. The Bertz CT molecular complexity index is 900. The number of halogens is 1. The second kappa shape index (κ2) is 7.07. The Kier molecular flexibility index (Phi) is 4.87. The minimum absolute atomic E-state index is 0.0111. The van der Waals surface area contributed by atoms with Gasteiger partial charge in [-0.05, 0) is 24.5 Å². The fraction of sp³-hybridized carbons (Fsp3) is 0.118. The van der Waals surface area contributed by atoms with Crippen LogP contribution in [0.2, 0.25) is 5.15 Å². The quantitative estimate of drug-likeness (QED) is 0.234. The largest absolute Gasteiger partial charge is 0.619 e. The molecule has 0 fully saturated rings. The number of nitrogens with zero attached hydrogens (tertiary/aromatic N) is 2. The summed E-state index contributed by atoms with van der Waals surface area (Å²) >= 11 is 7.83. The standard InChI is InChI=1S/C17H13ClN2O3S/c1-24-14-3-2-12-8-13(16(18)19-15(12)9-14)10-23-17(21)11-4-6-20(22)7-5-11/h2-9H,10H2,1H3. The summed E-state index contributed by atoms with van der Waals surface area (Å²) in [5.41, 5.74) is 1.73. The van der Waals surface area contributed by atoms with E-state index >= 15 is 0 Å². The Balaban J connectivity index is 1.78. The van der Waals surface area contributed by atoms with Crippen molar-refractivity contribution in [2.45, 2.75) is 11.5 Å². The molecule has 0 saturated heterocycles. The van der Waals surface area contributed by atoms with Gasteiger partial charge in [-0.25, -0.2) is 9.78 Å². The molecule has 0 bridgehead atoms. The molecule has 0 N–H and O–H groups in total. The second-order valence-electron chi connectivity index (χ2n) is 5.02. The maximum Gasteiger partial charge on any atom is 0.338 e. The fourth-order valence-electron chi connectivity index (χ4n) is 2.17. The van der Waals surface area contributed by atoms with Crippen molar-refractivity contribution in [2.24, 2.45) is 0 Å². The van der Waals surface area contributed by atoms with E-state index in [1.54, 1.807) is 11.8 Å². The summed E-state index contributed by atoms with van der Waals surface area (Å²) in [7, 11) is 0. The van der Waals surface area contributed by atoms with E-state index in [9.17, 15) is 10.0 Å². The van der Waals surface area contributed by atoms with Gasteiger partial charge in [0.15, 0.2) is 12.4 Å². The molecule has 0 radical (unpaired) electrons. The Labute approximate surface area is 147 Å². The van der Waals surface area contributed by atoms with Crippen LogP contribution in [0.25, 0.3) is 10.9 Å². The van der Waals surface area contributed by atoms with Gasteiger partial charge in [-0.2, -0.15) is 4.73 Å². The summed E-state index contributed by atoms with van der Waals surface area (Å²) < 4.78 is 5.85. The zero-order chi connectivity index (χ0) is 17.1. The van der Waals surface area contributed by atoms with E-state index in [1.165, 1.54) is 24.5 Å². The van der Waals surface area contributed by atoms with Crippen LogP contribution in [0, 0.1) is 5.21 Å². The van der Waals surface area contributed by atoms with Gasteiger partial charge >= 0.3 is 5.97 Å². The number of rotatable bonds is 4. The Hall–Kier alpha value is -2.31. The summed E-state index contributed by atoms with van der Waals surface area (Å²) in [6, 6.07) is 10.6. The van der Waals surface area contributed by atoms with Gasteiger partial charge in [0.05, 0.1) is 11.1 Å². The first-order chi connectivity index (χ1) is 11.6. The average molecular weight is 361 g/mol. The van der Waals surface area contributed by atoms with Crippen LogP contribution >= 0.6 is 23.4 Å². The van der Waals surface area contributed by atoms with Crippen molar-refractivity contribution in [3.05, 3.63) is 70.3 Å². The summed E-state index contributed by atoms with van der Waals surface area (Å²) in [5.74, 6) is -0.524. The molecule has 2 heterocycles. The Morgan fingerprint density at radius 3 is 2.75 bits per heavy atom. The highest BCUT2D eigenvalue weighted by Crippen LogP contribution is 2.25. The summed E-state index contributed by atoms with van der Waals surface area (Å²) in [5, 5.41) is 12.2. The first-order valence-corrected chi connectivity index (χ1v) is 8.66. The number of aromatic nitrogens is 2. The number of carbonyl (C=O) groups excluding carboxylic acids is 1. The lowest BCUT2D eigenvalue weighted by Gasteiger charge is -2.08. The molecular weight excluding hydrogens is 348 g/mol. The smallest absolute Gasteiger partial charge is 0.338 e. The molecule has 5 nitrogen and oxygen atoms in total. The van der Waals surface area contributed by atoms with Crippen LogP contribution in [0.3, 0.4) is 0 Å². The maximum absolute atomic E-state index is 12.0. The highest BCUT2D eigenvalue weighted by molar-refractivity contribution is 7.98. The van der Waals surface area contributed by atoms with Gasteiger partial charge < -0.3 is 9.94 Å². The molecule has 0 spiro atoms. The van der Waals surface area contributed by atoms with E-state index in [0.29, 0.717) is 21.0 Å². The Morgan fingerprint density at radius 2 is 2.04 bits per heavy atom. The average Bonchev–Trinajstić information content (AvgIpc) is 2.59. The monoisotopic (exact) mass is 360 g/mol. The predicted octanol–water partition coefficient (Wildman–Crippen LogP) is 3.60. The topological polar surface area (TPSA) is 66.1 Å². The van der Waals surface area contributed by atoms with E-state index in [4.69, 9.17) is 16.3 Å². The SMILES string of the molecule is CSc1ccc2cc(COC(=O)c3cc[n+]([O-])cc3)c(Cl)nc2c1. The number of carbonyl (C=O) groups is 1. The third kappa shape index (κ3) is 3.60. The van der Waals surface area contributed by atoms with Crippen LogP contribution in [-0.2, 0) is 11.3 Å². The van der Waals surface area contributed by atoms with Gasteiger partial charge in [-0.15, -0.1) is 11.8 Å². The van der Waals surface area contributed by atoms with Crippen LogP contribution in [0.15, 0.2) is 53.7 Å². The molecule has 7 heteroatoms. The third-order valence-electron chi connectivity index (χ3n) is 3.45. The van der Waals surface area contributed by atoms with Gasteiger partial charge in [0, 0.05) is 28.0 Å². The van der Waals surface area contributed by atoms with Gasteiger partial charge in [0.25, 0.3) is 0 Å². The number of esters is 1. The number of fused-ring (bicyclic) bond motifs is 1. The van der Waals surface area contributed by atoms with Gasteiger partial charge in [0.2, 0.25) is 0 Å². The van der Waals surface area contributed by atoms with Gasteiger partial charge in [0.1, 0.15) is 11.8 Å². The molecular formula is C17H13ClN2O3S. The van der Waals surface area contributed by atoms with Crippen molar-refractivity contribution in [1.29, 1.82) is 0 Å². The lowest BCUT2D eigenvalue weighted by atomic mass is 10.1. The summed E-state index contributed by atoms with van der Waals surface area (Å²) in [6.07, 6.45) is 4.48. The molecule has 1 aromatic carbocycles. The van der Waals surface area contributed by atoms with Gasteiger partial charge in [-0.3, -0.25) is 0 Å². The zero-order valence-corrected chi connectivity index (χ0v) is 14.3. The van der Waals surface area contributed by atoms with Crippen molar-refractivity contribution in [2.75, 3.05) is 6.26 Å². The van der Waals surface area contributed by atoms with Crippen LogP contribution in [0.5, 0.6) is 0 Å². The van der Waals surface area contributed by atoms with E-state index in [-0.39, 0.29) is 6.61 Å². The van der Waals surface area contributed by atoms with Crippen LogP contribution in [0.1, 0.15) is 15.9 Å². The number of pyridine rings is 2. The normalized spacial score (nSPS) is 10.8. The molecule has 0 unspecified atom stereocenters. The molecule has 0 saturated carbocycles. The van der Waals surface area contributed by atoms with Crippen LogP contribution in [0.4, 0.5) is 0 Å². The third-order valence-corrected chi connectivity index (χ3v) is 4.50. The van der Waals surface area contributed by atoms with Crippen molar-refractivity contribution < 1.29 is 14.3 Å². The lowest BCUT2D eigenvalue weighted by Crippen LogP contribution is -2.24. The van der Waals surface area contributed by atoms with Crippen molar-refractivity contribution in [3.63, 3.8) is 0 Å². The zero-order valence-electron chi connectivity index (χ0n) is 12.7. The minimum Gasteiger partial charge on any atom is -0.619 e. The van der Waals surface area contributed by atoms with Crippen molar-refractivity contribution in [3.8, 4) is 0 Å². The van der Waals surface area contributed by atoms with E-state index < -0.39 is 5.97 Å². The number of hydrogen-bond acceptors (Lipinski definition) is 5. The molecule has 24 heavy (non-hydrogen) atoms. The molecule has 0 aliphatic rings. The van der Waals surface area contributed by atoms with Crippen molar-refractivity contribution >= 4 is 40.2 Å². The van der Waals surface area contributed by atoms with Crippen LogP contribution in [-0.4, -0.2) is 17.2 Å². The number of thioether (sulfide) groups is 1. The first kappa shape index (κ1) is 16.5. The van der Waals surface area contributed by atoms with Gasteiger partial charge in [-0.1, -0.05) is 17.7 Å². The maximum atomic E-state index is 12.0. The molecule has 0 aliphatic carbocycles. The minimum atomic E-state index is -0.524. The summed E-state index contributed by atoms with van der Waals surface area (Å²) in [4.78, 5) is 17.5. The number of hydrogen-bond donors (Lipinski definition) is 0. The molecule has 3 rings (SSSR count). The van der Waals surface area contributed by atoms with Crippen molar-refractivity contribution in [1.82, 2.24) is 4.98 Å². The molecule has 0 aliphatic heterocycles. The first-order valence-electron chi connectivity index (χ1n) is 7.06. The summed E-state index contributed by atoms with van der Waals surface area (Å²) in [6.45, 7) is 0.0111. The Morgan fingerprint density at radius 1 is 1.29 bits per heavy atom. The fourth-order valence-corrected chi connectivity index (χ4v) is 2.80. The molecule has 2 aromatic heterocycles. The molecule has 0 amide bonds. The lowest BCUT2D eigenvalue weighted by molar-refractivity contribution is -0.605. The van der Waals surface area contributed by atoms with E-state index in [1.807, 2.05) is 30.5 Å². The number of benzene rings is 1. The van der Waals surface area contributed by atoms with E-state index in [2.05, 4.69) is 4.98 Å².